The van der Waals surface area contributed by atoms with Gasteiger partial charge in [-0.05, 0) is 48.4 Å². The summed E-state index contributed by atoms with van der Waals surface area (Å²) in [4.78, 5) is 12.8. The first-order valence-electron chi connectivity index (χ1n) is 12.0. The van der Waals surface area contributed by atoms with Gasteiger partial charge in [-0.15, -0.1) is 0 Å². The summed E-state index contributed by atoms with van der Waals surface area (Å²) >= 11 is 0. The maximum atomic E-state index is 12.8. The van der Waals surface area contributed by atoms with Crippen LogP contribution < -0.4 is 24.7 Å². The zero-order valence-corrected chi connectivity index (χ0v) is 20.6. The van der Waals surface area contributed by atoms with Crippen LogP contribution >= 0.6 is 0 Å². The van der Waals surface area contributed by atoms with Crippen molar-refractivity contribution in [1.29, 1.82) is 5.26 Å². The van der Waals surface area contributed by atoms with Crippen molar-refractivity contribution in [3.05, 3.63) is 108 Å². The van der Waals surface area contributed by atoms with Crippen LogP contribution in [0.1, 0.15) is 47.2 Å². The monoisotopic (exact) mass is 496 g/mol. The molecule has 1 atom stereocenters. The summed E-state index contributed by atoms with van der Waals surface area (Å²) in [6, 6.07) is 21.5. The molecule has 0 radical (unpaired) electrons. The number of ether oxygens (including phenoxy) is 4. The predicted molar refractivity (Wildman–Crippen MR) is 140 cm³/mol. The number of nitrogens with two attached hydrogens (primary N) is 1. The number of unbranched alkanes of at least 4 members (excludes halogenated alkanes) is 1. The summed E-state index contributed by atoms with van der Waals surface area (Å²) in [6.07, 6.45) is 3.61. The molecular formula is C30H28N2O5. The first kappa shape index (κ1) is 25.4. The van der Waals surface area contributed by atoms with E-state index >= 15 is 0 Å². The number of carbonyl (C=O) groups excluding carboxylic acids is 1. The number of hydrogen-bond donors (Lipinski definition) is 1. The summed E-state index contributed by atoms with van der Waals surface area (Å²) < 4.78 is 22.7. The highest BCUT2D eigenvalue weighted by Crippen LogP contribution is 2.44. The highest BCUT2D eigenvalue weighted by atomic mass is 16.5. The first-order chi connectivity index (χ1) is 18.0. The van der Waals surface area contributed by atoms with E-state index in [0.29, 0.717) is 36.0 Å². The van der Waals surface area contributed by atoms with Crippen molar-refractivity contribution in [3.8, 4) is 29.1 Å². The van der Waals surface area contributed by atoms with Crippen LogP contribution in [-0.2, 0) is 0 Å². The largest absolute Gasteiger partial charge is 0.494 e. The summed E-state index contributed by atoms with van der Waals surface area (Å²) in [7, 11) is 0. The Balaban J connectivity index is 1.59. The van der Waals surface area contributed by atoms with E-state index in [0.717, 1.165) is 24.0 Å². The molecule has 0 amide bonds. The highest BCUT2D eigenvalue weighted by molar-refractivity contribution is 5.91. The molecule has 37 heavy (non-hydrogen) atoms. The summed E-state index contributed by atoms with van der Waals surface area (Å²) in [5, 5.41) is 9.83. The Morgan fingerprint density at radius 3 is 2.62 bits per heavy atom. The van der Waals surface area contributed by atoms with Gasteiger partial charge in [0.2, 0.25) is 5.88 Å². The third-order valence-corrected chi connectivity index (χ3v) is 5.80. The van der Waals surface area contributed by atoms with E-state index in [-0.39, 0.29) is 17.2 Å². The molecule has 0 spiro atoms. The lowest BCUT2D eigenvalue weighted by molar-refractivity contribution is 0.0734. The van der Waals surface area contributed by atoms with Gasteiger partial charge >= 0.3 is 5.97 Å². The van der Waals surface area contributed by atoms with Gasteiger partial charge in [0, 0.05) is 11.6 Å². The van der Waals surface area contributed by atoms with E-state index < -0.39 is 11.9 Å². The predicted octanol–water partition coefficient (Wildman–Crippen LogP) is 5.87. The number of esters is 1. The molecule has 0 bridgehead atoms. The van der Waals surface area contributed by atoms with Gasteiger partial charge in [-0.25, -0.2) is 4.79 Å². The van der Waals surface area contributed by atoms with Gasteiger partial charge in [0.05, 0.1) is 18.1 Å². The summed E-state index contributed by atoms with van der Waals surface area (Å²) in [5.74, 6) is 0.951. The van der Waals surface area contributed by atoms with Crippen LogP contribution in [-0.4, -0.2) is 19.2 Å². The minimum Gasteiger partial charge on any atom is -0.494 e. The molecule has 1 unspecified atom stereocenters. The van der Waals surface area contributed by atoms with Crippen molar-refractivity contribution in [2.24, 2.45) is 5.73 Å². The van der Waals surface area contributed by atoms with Crippen LogP contribution in [0.4, 0.5) is 0 Å². The number of allylic oxidation sites excluding steroid dienone is 1. The smallest absolute Gasteiger partial charge is 0.343 e. The molecule has 4 rings (SSSR count). The van der Waals surface area contributed by atoms with Crippen LogP contribution in [0.15, 0.2) is 90.8 Å². The molecule has 7 nitrogen and oxygen atoms in total. The van der Waals surface area contributed by atoms with Crippen molar-refractivity contribution < 1.29 is 23.7 Å². The van der Waals surface area contributed by atoms with Gasteiger partial charge < -0.3 is 24.7 Å². The second-order valence-corrected chi connectivity index (χ2v) is 8.42. The number of nitriles is 1. The summed E-state index contributed by atoms with van der Waals surface area (Å²) in [5.41, 5.74) is 8.32. The summed E-state index contributed by atoms with van der Waals surface area (Å²) in [6.45, 7) is 6.70. The van der Waals surface area contributed by atoms with E-state index in [4.69, 9.17) is 24.7 Å². The zero-order chi connectivity index (χ0) is 26.2. The maximum absolute atomic E-state index is 12.8. The number of hydrogen-bond acceptors (Lipinski definition) is 7. The molecule has 0 aromatic heterocycles. The van der Waals surface area contributed by atoms with Crippen molar-refractivity contribution in [3.63, 3.8) is 0 Å². The standard InChI is InChI=1S/C30H28N2O5/c1-3-5-15-35-23-11-7-9-21(17-23)30(33)36-24-12-13-25-27(18-24)37-29(32)26(19-31)28(25)20-8-6-10-22(16-20)34-14-4-2/h4,6-13,16-18,28H,2-3,5,14-15,32H2,1H3. The lowest BCUT2D eigenvalue weighted by Crippen LogP contribution is -2.21. The molecule has 7 heteroatoms. The van der Waals surface area contributed by atoms with Crippen LogP contribution in [0.3, 0.4) is 0 Å². The van der Waals surface area contributed by atoms with Crippen LogP contribution in [0.5, 0.6) is 23.0 Å². The lowest BCUT2D eigenvalue weighted by Gasteiger charge is -2.27. The van der Waals surface area contributed by atoms with Crippen LogP contribution in [0.25, 0.3) is 0 Å². The molecule has 3 aromatic rings. The molecule has 0 aliphatic carbocycles. The maximum Gasteiger partial charge on any atom is 0.343 e. The van der Waals surface area contributed by atoms with Gasteiger partial charge in [-0.2, -0.15) is 5.26 Å². The fraction of sp³-hybridized carbons (Fsp3) is 0.200. The van der Waals surface area contributed by atoms with Crippen LogP contribution in [0, 0.1) is 11.3 Å². The number of nitrogens with zero attached hydrogens (tertiary/aromatic N) is 1. The van der Waals surface area contributed by atoms with Gasteiger partial charge in [0.1, 0.15) is 41.2 Å². The third kappa shape index (κ3) is 5.93. The number of fused-ring (bicyclic) bond motifs is 1. The molecule has 0 saturated heterocycles. The van der Waals surface area contributed by atoms with E-state index in [9.17, 15) is 10.1 Å². The van der Waals surface area contributed by atoms with Crippen molar-refractivity contribution in [2.45, 2.75) is 25.7 Å². The van der Waals surface area contributed by atoms with Gasteiger partial charge in [0.15, 0.2) is 0 Å². The van der Waals surface area contributed by atoms with Crippen LogP contribution in [0.2, 0.25) is 0 Å². The zero-order valence-electron chi connectivity index (χ0n) is 20.6. The minimum absolute atomic E-state index is 0.00202. The Kier molecular flexibility index (Phi) is 8.11. The highest BCUT2D eigenvalue weighted by Gasteiger charge is 2.31. The SMILES string of the molecule is C=CCOc1cccc(C2C(C#N)=C(N)Oc3cc(OC(=O)c4cccc(OCCCC)c4)ccc32)c1. The number of benzene rings is 3. The third-order valence-electron chi connectivity index (χ3n) is 5.80. The quantitative estimate of drug-likeness (QED) is 0.162. The molecule has 188 valence electrons. The molecule has 1 aliphatic rings. The molecule has 2 N–H and O–H groups in total. The number of carbonyl (C=O) groups is 1. The Hall–Kier alpha value is -4.70. The van der Waals surface area contributed by atoms with Gasteiger partial charge in [-0.3, -0.25) is 0 Å². The Labute approximate surface area is 216 Å². The Morgan fingerprint density at radius 2 is 1.86 bits per heavy atom. The van der Waals surface area contributed by atoms with Crippen molar-refractivity contribution in [2.75, 3.05) is 13.2 Å². The Morgan fingerprint density at radius 1 is 1.08 bits per heavy atom. The molecule has 0 saturated carbocycles. The second-order valence-electron chi connectivity index (χ2n) is 8.42. The van der Waals surface area contributed by atoms with E-state index in [1.165, 1.54) is 0 Å². The minimum atomic E-state index is -0.526. The molecule has 1 heterocycles. The average Bonchev–Trinajstić information content (AvgIpc) is 2.91. The molecular weight excluding hydrogens is 468 g/mol. The van der Waals surface area contributed by atoms with Gasteiger partial charge in [-0.1, -0.05) is 50.3 Å². The van der Waals surface area contributed by atoms with Crippen molar-refractivity contribution >= 4 is 5.97 Å². The van der Waals surface area contributed by atoms with Crippen molar-refractivity contribution in [1.82, 2.24) is 0 Å². The normalized spacial score (nSPS) is 14.1. The fourth-order valence-electron chi connectivity index (χ4n) is 3.99. The Bertz CT molecular complexity index is 1370. The molecule has 0 fully saturated rings. The van der Waals surface area contributed by atoms with E-state index in [2.05, 4.69) is 19.6 Å². The fourth-order valence-corrected chi connectivity index (χ4v) is 3.99. The molecule has 3 aromatic carbocycles. The van der Waals surface area contributed by atoms with Gasteiger partial charge in [0.25, 0.3) is 0 Å². The second kappa shape index (κ2) is 11.8. The molecule has 1 aliphatic heterocycles. The van der Waals surface area contributed by atoms with E-state index in [1.54, 1.807) is 48.5 Å². The number of rotatable bonds is 10. The topological polar surface area (TPSA) is 104 Å². The van der Waals surface area contributed by atoms with E-state index in [1.807, 2.05) is 24.3 Å². The lowest BCUT2D eigenvalue weighted by atomic mass is 9.83. The first-order valence-corrected chi connectivity index (χ1v) is 12.0. The average molecular weight is 497 g/mol.